The van der Waals surface area contributed by atoms with Crippen molar-refractivity contribution in [2.45, 2.75) is 19.1 Å². The number of hydrogen-bond acceptors (Lipinski definition) is 3. The van der Waals surface area contributed by atoms with Crippen molar-refractivity contribution in [1.82, 2.24) is 4.98 Å². The van der Waals surface area contributed by atoms with Gasteiger partial charge in [-0.25, -0.2) is 9.18 Å². The van der Waals surface area contributed by atoms with E-state index >= 15 is 0 Å². The van der Waals surface area contributed by atoms with Gasteiger partial charge in [-0.15, -0.1) is 12.4 Å². The van der Waals surface area contributed by atoms with E-state index in [4.69, 9.17) is 5.73 Å². The number of fused-ring (bicyclic) bond motifs is 1. The number of ether oxygens (including phenoxy) is 1. The molecule has 1 aromatic carbocycles. The standard InChI is InChI=1S/C13H15FN2O2.ClH/c1-2-18-13(17)11(14)12(15)9-3-4-10-8(7-9)5-6-16-10;/h3-7,11-12,16H,2,15H2,1H3;1H/t11?,12-;/m1./s1. The molecule has 3 N–H and O–H groups in total. The second kappa shape index (κ2) is 6.54. The molecule has 0 aliphatic rings. The summed E-state index contributed by atoms with van der Waals surface area (Å²) in [6.45, 7) is 1.77. The first-order valence-corrected chi connectivity index (χ1v) is 5.76. The highest BCUT2D eigenvalue weighted by Crippen LogP contribution is 2.22. The Balaban J connectivity index is 0.00000180. The number of nitrogens with one attached hydrogen (secondary N) is 1. The van der Waals surface area contributed by atoms with Gasteiger partial charge in [0, 0.05) is 11.7 Å². The Morgan fingerprint density at radius 2 is 2.21 bits per heavy atom. The van der Waals surface area contributed by atoms with Gasteiger partial charge in [-0.1, -0.05) is 6.07 Å². The predicted octanol–water partition coefficient (Wildman–Crippen LogP) is 2.49. The summed E-state index contributed by atoms with van der Waals surface area (Å²) in [5.74, 6) is -0.917. The largest absolute Gasteiger partial charge is 0.464 e. The molecule has 1 aromatic heterocycles. The fourth-order valence-corrected chi connectivity index (χ4v) is 1.82. The molecule has 0 radical (unpaired) electrons. The third kappa shape index (κ3) is 3.24. The summed E-state index contributed by atoms with van der Waals surface area (Å²) in [6, 6.07) is 6.13. The maximum Gasteiger partial charge on any atom is 0.342 e. The molecule has 6 heteroatoms. The summed E-state index contributed by atoms with van der Waals surface area (Å²) in [5.41, 5.74) is 7.26. The zero-order valence-corrected chi connectivity index (χ0v) is 11.2. The molecule has 2 rings (SSSR count). The number of esters is 1. The van der Waals surface area contributed by atoms with E-state index in [0.717, 1.165) is 10.9 Å². The van der Waals surface area contributed by atoms with E-state index in [1.165, 1.54) is 0 Å². The number of carbonyl (C=O) groups is 1. The van der Waals surface area contributed by atoms with Crippen LogP contribution < -0.4 is 5.73 Å². The van der Waals surface area contributed by atoms with E-state index in [1.54, 1.807) is 25.3 Å². The smallest absolute Gasteiger partial charge is 0.342 e. The molecular formula is C13H16ClFN2O2. The van der Waals surface area contributed by atoms with Gasteiger partial charge in [0.25, 0.3) is 0 Å². The van der Waals surface area contributed by atoms with E-state index in [9.17, 15) is 9.18 Å². The van der Waals surface area contributed by atoms with Crippen LogP contribution in [-0.4, -0.2) is 23.7 Å². The van der Waals surface area contributed by atoms with E-state index < -0.39 is 18.2 Å². The lowest BCUT2D eigenvalue weighted by Gasteiger charge is -2.15. The van der Waals surface area contributed by atoms with Gasteiger partial charge in [0.1, 0.15) is 0 Å². The van der Waals surface area contributed by atoms with Crippen LogP contribution in [-0.2, 0) is 9.53 Å². The minimum Gasteiger partial charge on any atom is -0.464 e. The molecule has 0 bridgehead atoms. The lowest BCUT2D eigenvalue weighted by atomic mass is 10.0. The SMILES string of the molecule is CCOC(=O)C(F)[C@H](N)c1ccc2[nH]ccc2c1.Cl. The molecule has 19 heavy (non-hydrogen) atoms. The van der Waals surface area contributed by atoms with Crippen molar-refractivity contribution in [1.29, 1.82) is 0 Å². The molecule has 0 amide bonds. The van der Waals surface area contributed by atoms with Gasteiger partial charge in [-0.2, -0.15) is 0 Å². The highest BCUT2D eigenvalue weighted by Gasteiger charge is 2.27. The van der Waals surface area contributed by atoms with Gasteiger partial charge in [0.15, 0.2) is 0 Å². The second-order valence-corrected chi connectivity index (χ2v) is 4.00. The molecule has 0 aliphatic heterocycles. The van der Waals surface area contributed by atoms with Crippen molar-refractivity contribution in [3.63, 3.8) is 0 Å². The maximum atomic E-state index is 13.8. The molecule has 104 valence electrons. The number of hydrogen-bond donors (Lipinski definition) is 2. The summed E-state index contributed by atoms with van der Waals surface area (Å²) in [7, 11) is 0. The van der Waals surface area contributed by atoms with Crippen LogP contribution >= 0.6 is 12.4 Å². The minimum atomic E-state index is -1.85. The number of alkyl halides is 1. The Labute approximate surface area is 116 Å². The van der Waals surface area contributed by atoms with Crippen LogP contribution in [0.1, 0.15) is 18.5 Å². The minimum absolute atomic E-state index is 0. The van der Waals surface area contributed by atoms with E-state index in [0.29, 0.717) is 5.56 Å². The first-order valence-electron chi connectivity index (χ1n) is 5.76. The van der Waals surface area contributed by atoms with E-state index in [2.05, 4.69) is 9.72 Å². The van der Waals surface area contributed by atoms with Gasteiger partial charge in [-0.05, 0) is 36.1 Å². The molecule has 2 atom stereocenters. The lowest BCUT2D eigenvalue weighted by molar-refractivity contribution is -0.149. The summed E-state index contributed by atoms with van der Waals surface area (Å²) in [6.07, 6.45) is -0.0561. The zero-order valence-electron chi connectivity index (χ0n) is 10.4. The summed E-state index contributed by atoms with van der Waals surface area (Å²) >= 11 is 0. The molecule has 2 aromatic rings. The van der Waals surface area contributed by atoms with Gasteiger partial charge in [0.05, 0.1) is 12.6 Å². The fraction of sp³-hybridized carbons (Fsp3) is 0.308. The number of aromatic amines is 1. The Hall–Kier alpha value is -1.59. The van der Waals surface area contributed by atoms with Crippen molar-refractivity contribution in [3.8, 4) is 0 Å². The average molecular weight is 287 g/mol. The quantitative estimate of drug-likeness (QED) is 0.849. The van der Waals surface area contributed by atoms with Crippen LogP contribution in [0.15, 0.2) is 30.5 Å². The van der Waals surface area contributed by atoms with Crippen LogP contribution in [0.2, 0.25) is 0 Å². The van der Waals surface area contributed by atoms with Crippen LogP contribution in [0.5, 0.6) is 0 Å². The van der Waals surface area contributed by atoms with Gasteiger partial charge in [-0.3, -0.25) is 0 Å². The number of nitrogens with two attached hydrogens (primary N) is 1. The van der Waals surface area contributed by atoms with Crippen molar-refractivity contribution in [2.24, 2.45) is 5.73 Å². The lowest BCUT2D eigenvalue weighted by Crippen LogP contribution is -2.31. The summed E-state index contributed by atoms with van der Waals surface area (Å²) in [4.78, 5) is 14.3. The molecular weight excluding hydrogens is 271 g/mol. The normalized spacial score (nSPS) is 13.6. The third-order valence-electron chi connectivity index (χ3n) is 2.79. The fourth-order valence-electron chi connectivity index (χ4n) is 1.82. The summed E-state index contributed by atoms with van der Waals surface area (Å²) < 4.78 is 18.4. The zero-order chi connectivity index (χ0) is 13.1. The van der Waals surface area contributed by atoms with Crippen LogP contribution in [0.25, 0.3) is 10.9 Å². The Bertz CT molecular complexity index is 558. The molecule has 0 saturated carbocycles. The number of H-pyrrole nitrogens is 1. The van der Waals surface area contributed by atoms with Crippen molar-refractivity contribution >= 4 is 29.3 Å². The Morgan fingerprint density at radius 1 is 1.47 bits per heavy atom. The number of benzene rings is 1. The van der Waals surface area contributed by atoms with Gasteiger partial charge in [0.2, 0.25) is 6.17 Å². The highest BCUT2D eigenvalue weighted by molar-refractivity contribution is 5.85. The van der Waals surface area contributed by atoms with Gasteiger partial charge >= 0.3 is 5.97 Å². The van der Waals surface area contributed by atoms with E-state index in [1.807, 2.05) is 12.1 Å². The molecule has 1 heterocycles. The molecule has 0 fully saturated rings. The molecule has 0 spiro atoms. The Kier molecular flexibility index (Phi) is 5.32. The van der Waals surface area contributed by atoms with Crippen LogP contribution in [0.3, 0.4) is 0 Å². The number of rotatable bonds is 4. The molecule has 4 nitrogen and oxygen atoms in total. The first kappa shape index (κ1) is 15.5. The number of halogens is 2. The molecule has 1 unspecified atom stereocenters. The van der Waals surface area contributed by atoms with Gasteiger partial charge < -0.3 is 15.5 Å². The second-order valence-electron chi connectivity index (χ2n) is 4.00. The highest BCUT2D eigenvalue weighted by atomic mass is 35.5. The first-order chi connectivity index (χ1) is 8.63. The number of carbonyl (C=O) groups excluding carboxylic acids is 1. The number of aromatic nitrogens is 1. The van der Waals surface area contributed by atoms with Crippen LogP contribution in [0.4, 0.5) is 4.39 Å². The van der Waals surface area contributed by atoms with Crippen molar-refractivity contribution < 1.29 is 13.9 Å². The molecule has 0 aliphatic carbocycles. The topological polar surface area (TPSA) is 68.1 Å². The monoisotopic (exact) mass is 286 g/mol. The Morgan fingerprint density at radius 3 is 2.89 bits per heavy atom. The van der Waals surface area contributed by atoms with Crippen molar-refractivity contribution in [3.05, 3.63) is 36.0 Å². The molecule has 0 saturated heterocycles. The third-order valence-corrected chi connectivity index (χ3v) is 2.79. The van der Waals surface area contributed by atoms with E-state index in [-0.39, 0.29) is 19.0 Å². The van der Waals surface area contributed by atoms with Crippen molar-refractivity contribution in [2.75, 3.05) is 6.61 Å². The average Bonchev–Trinajstić information content (AvgIpc) is 2.84. The maximum absolute atomic E-state index is 13.8. The summed E-state index contributed by atoms with van der Waals surface area (Å²) in [5, 5.41) is 0.930. The van der Waals surface area contributed by atoms with Crippen LogP contribution in [0, 0.1) is 0 Å². The predicted molar refractivity (Wildman–Crippen MR) is 74.0 cm³/mol.